The molecule has 3 nitrogen and oxygen atoms in total. The molecule has 1 aromatic rings. The SMILES string of the molecule is C[C@@H](c1ccccc1)N(C)C(=O)OC(C)(C)C. The number of rotatable bonds is 2. The van der Waals surface area contributed by atoms with Gasteiger partial charge in [-0.3, -0.25) is 0 Å². The summed E-state index contributed by atoms with van der Waals surface area (Å²) in [5.41, 5.74) is 0.641. The number of carbonyl (C=O) groups is 1. The van der Waals surface area contributed by atoms with Crippen molar-refractivity contribution in [3.05, 3.63) is 35.9 Å². The molecular formula is C14H21NO2. The predicted octanol–water partition coefficient (Wildman–Crippen LogP) is 3.61. The minimum Gasteiger partial charge on any atom is -0.444 e. The molecule has 1 rings (SSSR count). The van der Waals surface area contributed by atoms with Crippen molar-refractivity contribution in [2.45, 2.75) is 39.3 Å². The Bertz CT molecular complexity index is 368. The number of hydrogen-bond donors (Lipinski definition) is 0. The van der Waals surface area contributed by atoms with Crippen LogP contribution in [0.25, 0.3) is 0 Å². The average molecular weight is 235 g/mol. The van der Waals surface area contributed by atoms with E-state index in [-0.39, 0.29) is 12.1 Å². The molecule has 1 atom stereocenters. The van der Waals surface area contributed by atoms with Gasteiger partial charge in [0.25, 0.3) is 0 Å². The number of benzene rings is 1. The third-order valence-electron chi connectivity index (χ3n) is 2.54. The van der Waals surface area contributed by atoms with Crippen LogP contribution in [0.1, 0.15) is 39.3 Å². The molecule has 1 amide bonds. The number of carbonyl (C=O) groups excluding carboxylic acids is 1. The summed E-state index contributed by atoms with van der Waals surface area (Å²) in [7, 11) is 1.76. The van der Waals surface area contributed by atoms with Crippen LogP contribution in [0.5, 0.6) is 0 Å². The molecule has 0 spiro atoms. The maximum atomic E-state index is 11.9. The summed E-state index contributed by atoms with van der Waals surface area (Å²) in [6.07, 6.45) is -0.297. The Balaban J connectivity index is 2.70. The fourth-order valence-corrected chi connectivity index (χ4v) is 1.45. The number of amides is 1. The van der Waals surface area contributed by atoms with Crippen LogP contribution in [0.15, 0.2) is 30.3 Å². The highest BCUT2D eigenvalue weighted by molar-refractivity contribution is 5.68. The van der Waals surface area contributed by atoms with E-state index < -0.39 is 5.60 Å². The number of ether oxygens (including phenoxy) is 1. The summed E-state index contributed by atoms with van der Waals surface area (Å²) in [4.78, 5) is 13.5. The van der Waals surface area contributed by atoms with Gasteiger partial charge in [-0.2, -0.15) is 0 Å². The zero-order valence-corrected chi connectivity index (χ0v) is 11.2. The van der Waals surface area contributed by atoms with E-state index in [1.807, 2.05) is 58.0 Å². The predicted molar refractivity (Wildman–Crippen MR) is 68.9 cm³/mol. The van der Waals surface area contributed by atoms with E-state index in [0.29, 0.717) is 0 Å². The normalized spacial score (nSPS) is 13.0. The highest BCUT2D eigenvalue weighted by Gasteiger charge is 2.23. The van der Waals surface area contributed by atoms with Crippen LogP contribution < -0.4 is 0 Å². The lowest BCUT2D eigenvalue weighted by Gasteiger charge is -2.28. The molecular weight excluding hydrogens is 214 g/mol. The van der Waals surface area contributed by atoms with Crippen molar-refractivity contribution in [2.75, 3.05) is 7.05 Å². The Hall–Kier alpha value is -1.51. The molecule has 0 unspecified atom stereocenters. The Morgan fingerprint density at radius 3 is 2.24 bits per heavy atom. The topological polar surface area (TPSA) is 29.5 Å². The molecule has 0 aliphatic carbocycles. The van der Waals surface area contributed by atoms with Crippen LogP contribution in [-0.2, 0) is 4.74 Å². The Morgan fingerprint density at radius 1 is 1.24 bits per heavy atom. The van der Waals surface area contributed by atoms with E-state index in [2.05, 4.69) is 0 Å². The van der Waals surface area contributed by atoms with Crippen molar-refractivity contribution < 1.29 is 9.53 Å². The largest absolute Gasteiger partial charge is 0.444 e. The summed E-state index contributed by atoms with van der Waals surface area (Å²) in [6.45, 7) is 7.59. The maximum absolute atomic E-state index is 11.9. The van der Waals surface area contributed by atoms with Crippen molar-refractivity contribution in [1.82, 2.24) is 4.90 Å². The zero-order valence-electron chi connectivity index (χ0n) is 11.2. The van der Waals surface area contributed by atoms with E-state index in [1.54, 1.807) is 11.9 Å². The Kier molecular flexibility index (Phi) is 4.16. The Labute approximate surface area is 103 Å². The molecule has 0 fully saturated rings. The Morgan fingerprint density at radius 2 is 1.76 bits per heavy atom. The molecule has 17 heavy (non-hydrogen) atoms. The number of nitrogens with zero attached hydrogens (tertiary/aromatic N) is 1. The maximum Gasteiger partial charge on any atom is 0.410 e. The molecule has 3 heteroatoms. The van der Waals surface area contributed by atoms with Gasteiger partial charge < -0.3 is 9.64 Å². The highest BCUT2D eigenvalue weighted by Crippen LogP contribution is 2.20. The lowest BCUT2D eigenvalue weighted by molar-refractivity contribution is 0.0234. The molecule has 0 aliphatic heterocycles. The van der Waals surface area contributed by atoms with E-state index in [1.165, 1.54) is 0 Å². The third kappa shape index (κ3) is 4.10. The van der Waals surface area contributed by atoms with Gasteiger partial charge in [0, 0.05) is 7.05 Å². The van der Waals surface area contributed by atoms with Gasteiger partial charge in [-0.15, -0.1) is 0 Å². The van der Waals surface area contributed by atoms with E-state index in [9.17, 15) is 4.79 Å². The molecule has 0 aromatic heterocycles. The molecule has 0 radical (unpaired) electrons. The molecule has 0 heterocycles. The third-order valence-corrected chi connectivity index (χ3v) is 2.54. The summed E-state index contributed by atoms with van der Waals surface area (Å²) in [5, 5.41) is 0. The van der Waals surface area contributed by atoms with Gasteiger partial charge in [-0.05, 0) is 33.3 Å². The summed E-state index contributed by atoms with van der Waals surface area (Å²) >= 11 is 0. The van der Waals surface area contributed by atoms with Crippen molar-refractivity contribution in [1.29, 1.82) is 0 Å². The standard InChI is InChI=1S/C14H21NO2/c1-11(12-9-7-6-8-10-12)15(5)13(16)17-14(2,3)4/h6-11H,1-5H3/t11-/m0/s1. The summed E-state index contributed by atoms with van der Waals surface area (Å²) < 4.78 is 5.33. The van der Waals surface area contributed by atoms with Crippen LogP contribution in [-0.4, -0.2) is 23.6 Å². The molecule has 1 aromatic carbocycles. The summed E-state index contributed by atoms with van der Waals surface area (Å²) in [5.74, 6) is 0. The number of hydrogen-bond acceptors (Lipinski definition) is 2. The first-order chi connectivity index (χ1) is 7.81. The second-order valence-corrected chi connectivity index (χ2v) is 5.18. The van der Waals surface area contributed by atoms with Crippen molar-refractivity contribution >= 4 is 6.09 Å². The first-order valence-corrected chi connectivity index (χ1v) is 5.82. The quantitative estimate of drug-likeness (QED) is 0.783. The fraction of sp³-hybridized carbons (Fsp3) is 0.500. The first kappa shape index (κ1) is 13.6. The second-order valence-electron chi connectivity index (χ2n) is 5.18. The molecule has 0 aliphatic rings. The van der Waals surface area contributed by atoms with Crippen molar-refractivity contribution in [3.63, 3.8) is 0 Å². The lowest BCUT2D eigenvalue weighted by atomic mass is 10.1. The first-order valence-electron chi connectivity index (χ1n) is 5.82. The average Bonchev–Trinajstić information content (AvgIpc) is 2.26. The molecule has 0 saturated heterocycles. The van der Waals surface area contributed by atoms with Gasteiger partial charge >= 0.3 is 6.09 Å². The van der Waals surface area contributed by atoms with Gasteiger partial charge in [-0.1, -0.05) is 30.3 Å². The van der Waals surface area contributed by atoms with E-state index in [4.69, 9.17) is 4.74 Å². The highest BCUT2D eigenvalue weighted by atomic mass is 16.6. The van der Waals surface area contributed by atoms with E-state index >= 15 is 0 Å². The van der Waals surface area contributed by atoms with Gasteiger partial charge in [0.05, 0.1) is 6.04 Å². The van der Waals surface area contributed by atoms with Crippen LogP contribution in [0.3, 0.4) is 0 Å². The van der Waals surface area contributed by atoms with Gasteiger partial charge in [-0.25, -0.2) is 4.79 Å². The second kappa shape index (κ2) is 5.21. The van der Waals surface area contributed by atoms with Crippen molar-refractivity contribution in [2.24, 2.45) is 0 Å². The molecule has 0 saturated carbocycles. The van der Waals surface area contributed by atoms with Gasteiger partial charge in [0.2, 0.25) is 0 Å². The minimum atomic E-state index is -0.457. The van der Waals surface area contributed by atoms with Gasteiger partial charge in [0.15, 0.2) is 0 Å². The molecule has 0 N–H and O–H groups in total. The molecule has 94 valence electrons. The van der Waals surface area contributed by atoms with Crippen LogP contribution >= 0.6 is 0 Å². The van der Waals surface area contributed by atoms with Gasteiger partial charge in [0.1, 0.15) is 5.60 Å². The van der Waals surface area contributed by atoms with Crippen molar-refractivity contribution in [3.8, 4) is 0 Å². The smallest absolute Gasteiger partial charge is 0.410 e. The van der Waals surface area contributed by atoms with Crippen LogP contribution in [0.4, 0.5) is 4.79 Å². The lowest BCUT2D eigenvalue weighted by Crippen LogP contribution is -2.35. The minimum absolute atomic E-state index is 0.00560. The van der Waals surface area contributed by atoms with E-state index in [0.717, 1.165) is 5.56 Å². The summed E-state index contributed by atoms with van der Waals surface area (Å²) in [6, 6.07) is 9.91. The zero-order chi connectivity index (χ0) is 13.1. The van der Waals surface area contributed by atoms with Crippen LogP contribution in [0, 0.1) is 0 Å². The fourth-order valence-electron chi connectivity index (χ4n) is 1.45. The monoisotopic (exact) mass is 235 g/mol. The van der Waals surface area contributed by atoms with Crippen LogP contribution in [0.2, 0.25) is 0 Å². The molecule has 0 bridgehead atoms.